The fourth-order valence-electron chi connectivity index (χ4n) is 2.33. The number of carboxylic acids is 1. The number of aliphatic carboxylic acids is 1. The first-order valence-electron chi connectivity index (χ1n) is 5.94. The second kappa shape index (κ2) is 6.56. The van der Waals surface area contributed by atoms with Crippen LogP contribution >= 0.6 is 0 Å². The van der Waals surface area contributed by atoms with E-state index in [9.17, 15) is 9.59 Å². The largest absolute Gasteiger partial charge is 0.480 e. The molecule has 1 amide bonds. The van der Waals surface area contributed by atoms with Gasteiger partial charge in [0.15, 0.2) is 0 Å². The molecule has 0 bridgehead atoms. The summed E-state index contributed by atoms with van der Waals surface area (Å²) in [5.41, 5.74) is 5.57. The highest BCUT2D eigenvalue weighted by molar-refractivity contribution is 5.85. The maximum absolute atomic E-state index is 11.9. The molecule has 98 valence electrons. The summed E-state index contributed by atoms with van der Waals surface area (Å²) < 4.78 is 0. The second-order valence-electron chi connectivity index (χ2n) is 4.44. The number of rotatable bonds is 6. The van der Waals surface area contributed by atoms with Gasteiger partial charge in [0.1, 0.15) is 6.04 Å². The molecule has 0 spiro atoms. The Kier molecular flexibility index (Phi) is 5.37. The topological polar surface area (TPSA) is 113 Å². The third-order valence-electron chi connectivity index (χ3n) is 3.33. The molecule has 6 nitrogen and oxygen atoms in total. The average Bonchev–Trinajstić information content (AvgIpc) is 2.76. The third kappa shape index (κ3) is 3.67. The molecule has 0 radical (unpaired) electrons. The van der Waals surface area contributed by atoms with Crippen molar-refractivity contribution in [3.8, 4) is 0 Å². The minimum Gasteiger partial charge on any atom is -0.480 e. The number of hydrogen-bond donors (Lipinski definition) is 4. The number of aliphatic hydroxyl groups excluding tert-OH is 1. The van der Waals surface area contributed by atoms with Crippen molar-refractivity contribution in [2.45, 2.75) is 31.7 Å². The van der Waals surface area contributed by atoms with E-state index >= 15 is 0 Å². The van der Waals surface area contributed by atoms with Crippen molar-refractivity contribution in [2.24, 2.45) is 17.6 Å². The van der Waals surface area contributed by atoms with Crippen LogP contribution in [-0.4, -0.2) is 41.3 Å². The smallest absolute Gasteiger partial charge is 0.326 e. The summed E-state index contributed by atoms with van der Waals surface area (Å²) in [6.45, 7) is 0.193. The lowest BCUT2D eigenvalue weighted by Gasteiger charge is -2.20. The molecule has 1 aliphatic rings. The molecule has 1 saturated carbocycles. The van der Waals surface area contributed by atoms with Crippen LogP contribution in [0, 0.1) is 11.8 Å². The molecular formula is C11H20N2O4. The van der Waals surface area contributed by atoms with Crippen LogP contribution in [0.2, 0.25) is 0 Å². The van der Waals surface area contributed by atoms with Crippen molar-refractivity contribution < 1.29 is 19.8 Å². The molecule has 0 heterocycles. The highest BCUT2D eigenvalue weighted by atomic mass is 16.4. The SMILES string of the molecule is NCC1CCCC1C(=O)N[C@H](CCO)C(=O)O. The lowest BCUT2D eigenvalue weighted by Crippen LogP contribution is -2.45. The Morgan fingerprint density at radius 1 is 1.41 bits per heavy atom. The molecule has 17 heavy (non-hydrogen) atoms. The summed E-state index contributed by atoms with van der Waals surface area (Å²) in [4.78, 5) is 22.7. The number of amides is 1. The first-order valence-corrected chi connectivity index (χ1v) is 5.94. The van der Waals surface area contributed by atoms with Crippen LogP contribution in [0.5, 0.6) is 0 Å². The third-order valence-corrected chi connectivity index (χ3v) is 3.33. The van der Waals surface area contributed by atoms with Crippen molar-refractivity contribution in [3.63, 3.8) is 0 Å². The van der Waals surface area contributed by atoms with Gasteiger partial charge in [0.05, 0.1) is 0 Å². The Bertz CT molecular complexity index is 283. The predicted octanol–water partition coefficient (Wildman–Crippen LogP) is -0.687. The van der Waals surface area contributed by atoms with E-state index in [1.807, 2.05) is 0 Å². The van der Waals surface area contributed by atoms with E-state index in [4.69, 9.17) is 15.9 Å². The first kappa shape index (κ1) is 13.9. The van der Waals surface area contributed by atoms with E-state index < -0.39 is 12.0 Å². The average molecular weight is 244 g/mol. The van der Waals surface area contributed by atoms with Gasteiger partial charge in [0, 0.05) is 18.9 Å². The van der Waals surface area contributed by atoms with Crippen molar-refractivity contribution in [1.82, 2.24) is 5.32 Å². The quantitative estimate of drug-likeness (QED) is 0.494. The lowest BCUT2D eigenvalue weighted by atomic mass is 9.95. The van der Waals surface area contributed by atoms with Gasteiger partial charge in [-0.25, -0.2) is 4.79 Å². The van der Waals surface area contributed by atoms with Gasteiger partial charge in [0.2, 0.25) is 5.91 Å². The number of carbonyl (C=O) groups excluding carboxylic acids is 1. The summed E-state index contributed by atoms with van der Waals surface area (Å²) in [5, 5.41) is 20.1. The number of carboxylic acid groups (broad SMARTS) is 1. The molecule has 0 aliphatic heterocycles. The normalized spacial score (nSPS) is 25.5. The fourth-order valence-corrected chi connectivity index (χ4v) is 2.33. The van der Waals surface area contributed by atoms with E-state index in [1.165, 1.54) is 0 Å². The molecule has 0 aromatic rings. The van der Waals surface area contributed by atoms with Crippen LogP contribution in [0.25, 0.3) is 0 Å². The number of aliphatic hydroxyl groups is 1. The molecular weight excluding hydrogens is 224 g/mol. The predicted molar refractivity (Wildman–Crippen MR) is 61.2 cm³/mol. The Labute approximate surface area is 100 Å². The summed E-state index contributed by atoms with van der Waals surface area (Å²) in [6, 6.07) is -1.01. The summed E-state index contributed by atoms with van der Waals surface area (Å²) >= 11 is 0. The highest BCUT2D eigenvalue weighted by Crippen LogP contribution is 2.31. The zero-order chi connectivity index (χ0) is 12.8. The molecule has 1 rings (SSSR count). The maximum atomic E-state index is 11.9. The Balaban J connectivity index is 2.54. The van der Waals surface area contributed by atoms with Crippen molar-refractivity contribution in [1.29, 1.82) is 0 Å². The lowest BCUT2D eigenvalue weighted by molar-refractivity contribution is -0.143. The monoisotopic (exact) mass is 244 g/mol. The van der Waals surface area contributed by atoms with Crippen molar-refractivity contribution in [2.75, 3.05) is 13.2 Å². The van der Waals surface area contributed by atoms with E-state index in [-0.39, 0.29) is 30.8 Å². The van der Waals surface area contributed by atoms with Crippen LogP contribution in [0.4, 0.5) is 0 Å². The number of nitrogens with two attached hydrogens (primary N) is 1. The Morgan fingerprint density at radius 3 is 2.65 bits per heavy atom. The van der Waals surface area contributed by atoms with Crippen molar-refractivity contribution in [3.05, 3.63) is 0 Å². The maximum Gasteiger partial charge on any atom is 0.326 e. The highest BCUT2D eigenvalue weighted by Gasteiger charge is 2.33. The van der Waals surface area contributed by atoms with Gasteiger partial charge in [-0.1, -0.05) is 6.42 Å². The Morgan fingerprint density at radius 2 is 2.12 bits per heavy atom. The minimum atomic E-state index is -1.12. The number of hydrogen-bond acceptors (Lipinski definition) is 4. The summed E-state index contributed by atoms with van der Waals surface area (Å²) in [7, 11) is 0. The molecule has 0 saturated heterocycles. The molecule has 5 N–H and O–H groups in total. The van der Waals surface area contributed by atoms with Crippen LogP contribution in [0.3, 0.4) is 0 Å². The summed E-state index contributed by atoms with van der Waals surface area (Å²) in [6.07, 6.45) is 2.67. The molecule has 6 heteroatoms. The van der Waals surface area contributed by atoms with E-state index in [2.05, 4.69) is 5.32 Å². The first-order chi connectivity index (χ1) is 8.10. The van der Waals surface area contributed by atoms with Crippen molar-refractivity contribution >= 4 is 11.9 Å². The van der Waals surface area contributed by atoms with Gasteiger partial charge in [-0.3, -0.25) is 4.79 Å². The van der Waals surface area contributed by atoms with Gasteiger partial charge < -0.3 is 21.3 Å². The van der Waals surface area contributed by atoms with Gasteiger partial charge in [-0.05, 0) is 25.3 Å². The molecule has 0 aromatic heterocycles. The van der Waals surface area contributed by atoms with Crippen LogP contribution in [-0.2, 0) is 9.59 Å². The zero-order valence-electron chi connectivity index (χ0n) is 9.76. The molecule has 3 atom stereocenters. The number of nitrogens with one attached hydrogen (secondary N) is 1. The van der Waals surface area contributed by atoms with Gasteiger partial charge in [0.25, 0.3) is 0 Å². The van der Waals surface area contributed by atoms with Gasteiger partial charge >= 0.3 is 5.97 Å². The van der Waals surface area contributed by atoms with Gasteiger partial charge in [-0.2, -0.15) is 0 Å². The van der Waals surface area contributed by atoms with Crippen LogP contribution in [0.1, 0.15) is 25.7 Å². The van der Waals surface area contributed by atoms with Crippen LogP contribution in [0.15, 0.2) is 0 Å². The van der Waals surface area contributed by atoms with E-state index in [0.717, 1.165) is 19.3 Å². The minimum absolute atomic E-state index is 0.0289. The standard InChI is InChI=1S/C11H20N2O4/c12-6-7-2-1-3-8(7)10(15)13-9(4-5-14)11(16)17/h7-9,14H,1-6,12H2,(H,13,15)(H,16,17)/t7?,8?,9-/m1/s1. The molecule has 1 aliphatic carbocycles. The molecule has 0 aromatic carbocycles. The van der Waals surface area contributed by atoms with E-state index in [0.29, 0.717) is 6.54 Å². The van der Waals surface area contributed by atoms with Crippen LogP contribution < -0.4 is 11.1 Å². The zero-order valence-corrected chi connectivity index (χ0v) is 9.76. The van der Waals surface area contributed by atoms with E-state index in [1.54, 1.807) is 0 Å². The molecule has 2 unspecified atom stereocenters. The number of carbonyl (C=O) groups is 2. The summed E-state index contributed by atoms with van der Waals surface area (Å²) in [5.74, 6) is -1.40. The fraction of sp³-hybridized carbons (Fsp3) is 0.818. The molecule has 1 fully saturated rings. The second-order valence-corrected chi connectivity index (χ2v) is 4.44. The van der Waals surface area contributed by atoms with Gasteiger partial charge in [-0.15, -0.1) is 0 Å². The Hall–Kier alpha value is -1.14.